The van der Waals surface area contributed by atoms with E-state index in [4.69, 9.17) is 5.73 Å². The molecular weight excluding hydrogens is 402 g/mol. The molecule has 162 valence electrons. The first kappa shape index (κ1) is 20.2. The van der Waals surface area contributed by atoms with Crippen molar-refractivity contribution in [2.24, 2.45) is 10.7 Å². The molecule has 3 aromatic rings. The van der Waals surface area contributed by atoms with Gasteiger partial charge in [-0.1, -0.05) is 42.5 Å². The SMILES string of the molecule is Cc1nn2c(C(N)=O)cccc2c1C1NC2=C(CC=CC=N2)C(NCc2ccccc2)N1. The number of aromatic nitrogens is 2. The van der Waals surface area contributed by atoms with Gasteiger partial charge in [0.2, 0.25) is 0 Å². The summed E-state index contributed by atoms with van der Waals surface area (Å²) < 4.78 is 1.62. The molecule has 0 spiro atoms. The predicted octanol–water partition coefficient (Wildman–Crippen LogP) is 2.29. The minimum absolute atomic E-state index is 0.0926. The Labute approximate surface area is 185 Å². The maximum Gasteiger partial charge on any atom is 0.267 e. The van der Waals surface area contributed by atoms with Gasteiger partial charge in [0, 0.05) is 23.9 Å². The lowest BCUT2D eigenvalue weighted by molar-refractivity contribution is 0.0993. The van der Waals surface area contributed by atoms with Crippen LogP contribution in [-0.2, 0) is 6.54 Å². The first-order valence-electron chi connectivity index (χ1n) is 10.6. The van der Waals surface area contributed by atoms with Crippen molar-refractivity contribution in [1.29, 1.82) is 0 Å². The van der Waals surface area contributed by atoms with Crippen molar-refractivity contribution in [2.75, 3.05) is 0 Å². The molecule has 5 N–H and O–H groups in total. The van der Waals surface area contributed by atoms with Crippen molar-refractivity contribution < 1.29 is 4.79 Å². The number of fused-ring (bicyclic) bond motifs is 1. The van der Waals surface area contributed by atoms with Crippen LogP contribution in [0.4, 0.5) is 0 Å². The number of hydrogen-bond acceptors (Lipinski definition) is 6. The Hall–Kier alpha value is -3.75. The summed E-state index contributed by atoms with van der Waals surface area (Å²) in [5, 5.41) is 15.4. The standard InChI is InChI=1S/C24H25N7O/c1-15-20(18-11-7-12-19(21(25)32)31(18)30-15)24-28-22-17(10-5-6-13-26-22)23(29-24)27-14-16-8-3-2-4-9-16/h2-9,11-13,23-24,27-29H,10,14H2,1H3,(H2,25,32). The lowest BCUT2D eigenvalue weighted by Gasteiger charge is -2.35. The first-order chi connectivity index (χ1) is 15.6. The minimum atomic E-state index is -0.513. The molecule has 32 heavy (non-hydrogen) atoms. The summed E-state index contributed by atoms with van der Waals surface area (Å²) in [5.41, 5.74) is 10.9. The molecule has 2 aromatic heterocycles. The second kappa shape index (κ2) is 8.41. The normalized spacial score (nSPS) is 20.2. The van der Waals surface area contributed by atoms with Gasteiger partial charge < -0.3 is 11.1 Å². The molecule has 2 aliphatic rings. The summed E-state index contributed by atoms with van der Waals surface area (Å²) in [4.78, 5) is 16.5. The van der Waals surface area contributed by atoms with Crippen LogP contribution in [0.25, 0.3) is 5.52 Å². The fourth-order valence-electron chi connectivity index (χ4n) is 4.28. The Bertz CT molecular complexity index is 1260. The van der Waals surface area contributed by atoms with Gasteiger partial charge in [0.25, 0.3) is 5.91 Å². The van der Waals surface area contributed by atoms with Gasteiger partial charge >= 0.3 is 0 Å². The molecule has 8 heteroatoms. The number of primary amides is 1. The highest BCUT2D eigenvalue weighted by atomic mass is 16.1. The molecule has 0 radical (unpaired) electrons. The van der Waals surface area contributed by atoms with Crippen molar-refractivity contribution in [1.82, 2.24) is 25.6 Å². The van der Waals surface area contributed by atoms with Crippen LogP contribution in [0.3, 0.4) is 0 Å². The number of aliphatic imine (C=N–C) groups is 1. The summed E-state index contributed by atoms with van der Waals surface area (Å²) in [6, 6.07) is 15.8. The molecule has 0 bridgehead atoms. The van der Waals surface area contributed by atoms with E-state index in [0.29, 0.717) is 5.69 Å². The second-order valence-corrected chi connectivity index (χ2v) is 7.90. The van der Waals surface area contributed by atoms with E-state index in [1.165, 1.54) is 5.56 Å². The quantitative estimate of drug-likeness (QED) is 0.500. The van der Waals surface area contributed by atoms with Crippen molar-refractivity contribution in [3.05, 3.63) is 94.6 Å². The monoisotopic (exact) mass is 427 g/mol. The Morgan fingerprint density at radius 1 is 1.22 bits per heavy atom. The second-order valence-electron chi connectivity index (χ2n) is 7.90. The van der Waals surface area contributed by atoms with Crippen LogP contribution in [0.1, 0.15) is 39.9 Å². The molecule has 2 atom stereocenters. The maximum atomic E-state index is 11.9. The zero-order chi connectivity index (χ0) is 22.1. The largest absolute Gasteiger partial charge is 0.364 e. The Balaban J connectivity index is 1.52. The zero-order valence-corrected chi connectivity index (χ0v) is 17.7. The average molecular weight is 428 g/mol. The first-order valence-corrected chi connectivity index (χ1v) is 10.6. The lowest BCUT2D eigenvalue weighted by atomic mass is 10.0. The highest BCUT2D eigenvalue weighted by Gasteiger charge is 2.31. The van der Waals surface area contributed by atoms with Gasteiger partial charge in [-0.2, -0.15) is 5.10 Å². The molecule has 0 saturated carbocycles. The van der Waals surface area contributed by atoms with Crippen LogP contribution in [-0.4, -0.2) is 27.9 Å². The van der Waals surface area contributed by atoms with Crippen molar-refractivity contribution in [3.8, 4) is 0 Å². The van der Waals surface area contributed by atoms with Crippen LogP contribution in [0.15, 0.2) is 77.1 Å². The molecule has 1 aromatic carbocycles. The number of nitrogens with one attached hydrogen (secondary N) is 3. The molecule has 5 rings (SSSR count). The van der Waals surface area contributed by atoms with Crippen molar-refractivity contribution in [2.45, 2.75) is 32.2 Å². The highest BCUT2D eigenvalue weighted by Crippen LogP contribution is 2.29. The molecular formula is C24H25N7O. The van der Waals surface area contributed by atoms with E-state index in [-0.39, 0.29) is 12.3 Å². The third kappa shape index (κ3) is 3.70. The van der Waals surface area contributed by atoms with Gasteiger partial charge in [0.05, 0.1) is 17.4 Å². The summed E-state index contributed by atoms with van der Waals surface area (Å²) in [5.74, 6) is 0.329. The fourth-order valence-corrected chi connectivity index (χ4v) is 4.28. The van der Waals surface area contributed by atoms with Crippen LogP contribution in [0.2, 0.25) is 0 Å². The predicted molar refractivity (Wildman–Crippen MR) is 124 cm³/mol. The Morgan fingerprint density at radius 2 is 2.06 bits per heavy atom. The summed E-state index contributed by atoms with van der Waals surface area (Å²) in [6.07, 6.45) is 6.31. The number of hydrogen-bond donors (Lipinski definition) is 4. The third-order valence-corrected chi connectivity index (χ3v) is 5.81. The minimum Gasteiger partial charge on any atom is -0.364 e. The number of nitrogens with two attached hydrogens (primary N) is 1. The van der Waals surface area contributed by atoms with Gasteiger partial charge in [-0.05, 0) is 37.1 Å². The van der Waals surface area contributed by atoms with Crippen LogP contribution in [0, 0.1) is 6.92 Å². The number of allylic oxidation sites excluding steroid dienone is 2. The molecule has 2 aliphatic heterocycles. The number of pyridine rings is 1. The molecule has 1 amide bonds. The number of carbonyl (C=O) groups is 1. The molecule has 4 heterocycles. The summed E-state index contributed by atoms with van der Waals surface area (Å²) >= 11 is 0. The molecule has 2 unspecified atom stereocenters. The number of nitrogens with zero attached hydrogens (tertiary/aromatic N) is 3. The van der Waals surface area contributed by atoms with Crippen molar-refractivity contribution >= 4 is 17.6 Å². The number of carbonyl (C=O) groups excluding carboxylic acids is 1. The number of rotatable bonds is 5. The Kier molecular flexibility index (Phi) is 5.30. The van der Waals surface area contributed by atoms with E-state index in [9.17, 15) is 4.79 Å². The fraction of sp³-hybridized carbons (Fsp3) is 0.208. The number of amides is 1. The van der Waals surface area contributed by atoms with E-state index in [1.54, 1.807) is 16.8 Å². The van der Waals surface area contributed by atoms with Crippen LogP contribution in [0.5, 0.6) is 0 Å². The zero-order valence-electron chi connectivity index (χ0n) is 17.7. The van der Waals surface area contributed by atoms with E-state index < -0.39 is 5.91 Å². The summed E-state index contributed by atoms with van der Waals surface area (Å²) in [7, 11) is 0. The number of benzene rings is 1. The maximum absolute atomic E-state index is 11.9. The van der Waals surface area contributed by atoms with Gasteiger partial charge in [0.15, 0.2) is 0 Å². The molecule has 0 aliphatic carbocycles. The van der Waals surface area contributed by atoms with Gasteiger partial charge in [-0.15, -0.1) is 0 Å². The lowest BCUT2D eigenvalue weighted by Crippen LogP contribution is -2.53. The van der Waals surface area contributed by atoms with Gasteiger partial charge in [0.1, 0.15) is 17.7 Å². The average Bonchev–Trinajstić information content (AvgIpc) is 2.96. The van der Waals surface area contributed by atoms with Crippen molar-refractivity contribution in [3.63, 3.8) is 0 Å². The number of aryl methyl sites for hydroxylation is 1. The highest BCUT2D eigenvalue weighted by molar-refractivity contribution is 5.92. The summed E-state index contributed by atoms with van der Waals surface area (Å²) in [6.45, 7) is 2.65. The van der Waals surface area contributed by atoms with E-state index in [2.05, 4.69) is 44.3 Å². The van der Waals surface area contributed by atoms with E-state index in [1.807, 2.05) is 43.3 Å². The molecule has 8 nitrogen and oxygen atoms in total. The van der Waals surface area contributed by atoms with Gasteiger partial charge in [-0.25, -0.2) is 9.51 Å². The third-order valence-electron chi connectivity index (χ3n) is 5.81. The smallest absolute Gasteiger partial charge is 0.267 e. The van der Waals surface area contributed by atoms with Gasteiger partial charge in [-0.3, -0.25) is 15.4 Å². The van der Waals surface area contributed by atoms with Crippen LogP contribution >= 0.6 is 0 Å². The Morgan fingerprint density at radius 3 is 2.88 bits per heavy atom. The van der Waals surface area contributed by atoms with E-state index in [0.717, 1.165) is 41.1 Å². The van der Waals surface area contributed by atoms with E-state index >= 15 is 0 Å². The topological polar surface area (TPSA) is 109 Å². The van der Waals surface area contributed by atoms with Crippen LogP contribution < -0.4 is 21.7 Å². The molecule has 0 saturated heterocycles. The molecule has 0 fully saturated rings.